The fourth-order valence-corrected chi connectivity index (χ4v) is 2.30. The number of hydrogen-bond acceptors (Lipinski definition) is 5. The van der Waals surface area contributed by atoms with E-state index in [0.29, 0.717) is 24.2 Å². The Morgan fingerprint density at radius 1 is 1.63 bits per heavy atom. The molecule has 0 aromatic carbocycles. The van der Waals surface area contributed by atoms with Gasteiger partial charge >= 0.3 is 0 Å². The highest BCUT2D eigenvalue weighted by Crippen LogP contribution is 2.16. The van der Waals surface area contributed by atoms with Gasteiger partial charge in [-0.3, -0.25) is 4.99 Å². The van der Waals surface area contributed by atoms with Gasteiger partial charge in [-0.2, -0.15) is 4.98 Å². The minimum absolute atomic E-state index is 0.523. The van der Waals surface area contributed by atoms with E-state index >= 15 is 0 Å². The average molecular weight is 267 g/mol. The summed E-state index contributed by atoms with van der Waals surface area (Å²) in [6.07, 6.45) is 1.13. The van der Waals surface area contributed by atoms with Crippen LogP contribution in [-0.4, -0.2) is 54.9 Å². The third-order valence-electron chi connectivity index (χ3n) is 3.17. The van der Waals surface area contributed by atoms with Crippen LogP contribution in [0.1, 0.15) is 18.1 Å². The highest BCUT2D eigenvalue weighted by atomic mass is 16.5. The van der Waals surface area contributed by atoms with E-state index in [1.807, 2.05) is 0 Å². The molecule has 7 heteroatoms. The third kappa shape index (κ3) is 3.66. The number of aromatic nitrogens is 2. The maximum atomic E-state index is 5.20. The van der Waals surface area contributed by atoms with Crippen LogP contribution in [0.3, 0.4) is 0 Å². The molecule has 106 valence electrons. The molecule has 1 aromatic rings. The Kier molecular flexibility index (Phi) is 4.73. The number of aliphatic imine (C=N–C) groups is 1. The first-order valence-electron chi connectivity index (χ1n) is 6.46. The summed E-state index contributed by atoms with van der Waals surface area (Å²) in [6.45, 7) is 5.08. The van der Waals surface area contributed by atoms with Gasteiger partial charge in [0.15, 0.2) is 11.8 Å². The summed E-state index contributed by atoms with van der Waals surface area (Å²) in [4.78, 5) is 10.7. The second-order valence-electron chi connectivity index (χ2n) is 4.69. The highest BCUT2D eigenvalue weighted by Gasteiger charge is 2.24. The summed E-state index contributed by atoms with van der Waals surface area (Å²) >= 11 is 0. The second-order valence-corrected chi connectivity index (χ2v) is 4.69. The molecule has 0 saturated carbocycles. The van der Waals surface area contributed by atoms with E-state index in [2.05, 4.69) is 25.3 Å². The molecule has 19 heavy (non-hydrogen) atoms. The second kappa shape index (κ2) is 6.51. The Labute approximate surface area is 113 Å². The van der Waals surface area contributed by atoms with Crippen LogP contribution in [0.5, 0.6) is 0 Å². The topological polar surface area (TPSA) is 75.8 Å². The van der Waals surface area contributed by atoms with Crippen molar-refractivity contribution in [2.45, 2.75) is 19.9 Å². The molecule has 1 atom stereocenters. The van der Waals surface area contributed by atoms with Crippen molar-refractivity contribution in [1.82, 2.24) is 20.4 Å². The third-order valence-corrected chi connectivity index (χ3v) is 3.17. The Hall–Kier alpha value is -1.63. The molecule has 0 spiro atoms. The van der Waals surface area contributed by atoms with Gasteiger partial charge in [0.25, 0.3) is 0 Å². The van der Waals surface area contributed by atoms with Crippen molar-refractivity contribution >= 4 is 5.96 Å². The van der Waals surface area contributed by atoms with E-state index in [0.717, 1.165) is 32.1 Å². The number of hydrogen-bond donors (Lipinski definition) is 1. The SMILES string of the molecule is CN=C(NCc1noc(C)n1)N1CCC(COC)C1. The minimum atomic E-state index is 0.523. The quantitative estimate of drug-likeness (QED) is 0.629. The molecule has 1 N–H and O–H groups in total. The number of rotatable bonds is 4. The van der Waals surface area contributed by atoms with E-state index < -0.39 is 0 Å². The van der Waals surface area contributed by atoms with Gasteiger partial charge in [-0.25, -0.2) is 0 Å². The van der Waals surface area contributed by atoms with Crippen LogP contribution in [0.25, 0.3) is 0 Å². The maximum Gasteiger partial charge on any atom is 0.223 e. The number of guanidine groups is 1. The number of nitrogens with one attached hydrogen (secondary N) is 1. The van der Waals surface area contributed by atoms with Crippen LogP contribution in [0.2, 0.25) is 0 Å². The van der Waals surface area contributed by atoms with E-state index in [1.165, 1.54) is 0 Å². The monoisotopic (exact) mass is 267 g/mol. The number of likely N-dealkylation sites (tertiary alicyclic amines) is 1. The van der Waals surface area contributed by atoms with Crippen molar-refractivity contribution in [2.24, 2.45) is 10.9 Å². The van der Waals surface area contributed by atoms with Gasteiger partial charge in [0.2, 0.25) is 5.89 Å². The molecular formula is C12H21N5O2. The molecule has 0 bridgehead atoms. The smallest absolute Gasteiger partial charge is 0.223 e. The summed E-state index contributed by atoms with van der Waals surface area (Å²) in [7, 11) is 3.53. The first-order chi connectivity index (χ1) is 9.22. The Morgan fingerprint density at radius 2 is 2.47 bits per heavy atom. The zero-order valence-electron chi connectivity index (χ0n) is 11.7. The van der Waals surface area contributed by atoms with Crippen LogP contribution in [0.4, 0.5) is 0 Å². The van der Waals surface area contributed by atoms with E-state index in [1.54, 1.807) is 21.1 Å². The molecule has 0 amide bonds. The lowest BCUT2D eigenvalue weighted by atomic mass is 10.1. The lowest BCUT2D eigenvalue weighted by molar-refractivity contribution is 0.157. The Bertz CT molecular complexity index is 432. The predicted octanol–water partition coefficient (Wildman–Crippen LogP) is 0.422. The van der Waals surface area contributed by atoms with Crippen molar-refractivity contribution in [3.63, 3.8) is 0 Å². The van der Waals surface area contributed by atoms with Crippen molar-refractivity contribution in [1.29, 1.82) is 0 Å². The Morgan fingerprint density at radius 3 is 3.11 bits per heavy atom. The molecule has 1 aliphatic heterocycles. The average Bonchev–Trinajstić information content (AvgIpc) is 3.01. The molecule has 1 aliphatic rings. The zero-order valence-corrected chi connectivity index (χ0v) is 11.7. The summed E-state index contributed by atoms with van der Waals surface area (Å²) in [5, 5.41) is 7.10. The van der Waals surface area contributed by atoms with E-state index in [4.69, 9.17) is 9.26 Å². The molecule has 1 fully saturated rings. The molecule has 0 aliphatic carbocycles. The largest absolute Gasteiger partial charge is 0.384 e. The molecule has 2 heterocycles. The normalized spacial score (nSPS) is 20.1. The lowest BCUT2D eigenvalue weighted by Gasteiger charge is -2.21. The summed E-state index contributed by atoms with van der Waals surface area (Å²) in [5.74, 6) is 2.68. The molecule has 2 rings (SSSR count). The molecular weight excluding hydrogens is 246 g/mol. The molecule has 0 radical (unpaired) electrons. The van der Waals surface area contributed by atoms with Crippen LogP contribution in [0, 0.1) is 12.8 Å². The van der Waals surface area contributed by atoms with Crippen molar-refractivity contribution < 1.29 is 9.26 Å². The zero-order chi connectivity index (χ0) is 13.7. The van der Waals surface area contributed by atoms with Crippen molar-refractivity contribution in [2.75, 3.05) is 33.9 Å². The van der Waals surface area contributed by atoms with Gasteiger partial charge in [0.05, 0.1) is 13.2 Å². The molecule has 7 nitrogen and oxygen atoms in total. The van der Waals surface area contributed by atoms with Crippen LogP contribution < -0.4 is 5.32 Å². The Balaban J connectivity index is 1.84. The van der Waals surface area contributed by atoms with Crippen molar-refractivity contribution in [3.8, 4) is 0 Å². The molecule has 1 aromatic heterocycles. The first kappa shape index (κ1) is 13.8. The van der Waals surface area contributed by atoms with E-state index in [9.17, 15) is 0 Å². The van der Waals surface area contributed by atoms with Gasteiger partial charge < -0.3 is 19.5 Å². The van der Waals surface area contributed by atoms with Crippen molar-refractivity contribution in [3.05, 3.63) is 11.7 Å². The van der Waals surface area contributed by atoms with Crippen LogP contribution in [-0.2, 0) is 11.3 Å². The fourth-order valence-electron chi connectivity index (χ4n) is 2.30. The van der Waals surface area contributed by atoms with Gasteiger partial charge in [0.1, 0.15) is 0 Å². The van der Waals surface area contributed by atoms with Gasteiger partial charge in [-0.15, -0.1) is 0 Å². The van der Waals surface area contributed by atoms with Crippen LogP contribution in [0.15, 0.2) is 9.52 Å². The number of aryl methyl sites for hydroxylation is 1. The number of ether oxygens (including phenoxy) is 1. The fraction of sp³-hybridized carbons (Fsp3) is 0.750. The summed E-state index contributed by atoms with van der Waals surface area (Å²) in [5.41, 5.74) is 0. The molecule has 1 unspecified atom stereocenters. The van der Waals surface area contributed by atoms with Gasteiger partial charge in [-0.05, 0) is 6.42 Å². The highest BCUT2D eigenvalue weighted by molar-refractivity contribution is 5.80. The standard InChI is InChI=1S/C12H21N5O2/c1-9-15-11(16-19-9)6-14-12(13-2)17-5-4-10(7-17)8-18-3/h10H,4-8H2,1-3H3,(H,13,14). The minimum Gasteiger partial charge on any atom is -0.384 e. The molecule has 1 saturated heterocycles. The predicted molar refractivity (Wildman–Crippen MR) is 70.8 cm³/mol. The lowest BCUT2D eigenvalue weighted by Crippen LogP contribution is -2.40. The number of nitrogens with zero attached hydrogens (tertiary/aromatic N) is 4. The maximum absolute atomic E-state index is 5.20. The van der Waals surface area contributed by atoms with Crippen LogP contribution >= 0.6 is 0 Å². The van der Waals surface area contributed by atoms with Gasteiger partial charge in [-0.1, -0.05) is 5.16 Å². The first-order valence-corrected chi connectivity index (χ1v) is 6.46. The number of methoxy groups -OCH3 is 1. The summed E-state index contributed by atoms with van der Waals surface area (Å²) < 4.78 is 10.1. The van der Waals surface area contributed by atoms with E-state index in [-0.39, 0.29) is 0 Å². The van der Waals surface area contributed by atoms with Gasteiger partial charge in [0, 0.05) is 40.1 Å². The summed E-state index contributed by atoms with van der Waals surface area (Å²) in [6, 6.07) is 0.